The molecule has 1 aliphatic carbocycles. The topological polar surface area (TPSA) is 12.0 Å². The molecule has 1 heteroatoms. The van der Waals surface area contributed by atoms with Crippen molar-refractivity contribution >= 4 is 5.57 Å². The average molecular weight is 354 g/mol. The lowest BCUT2D eigenvalue weighted by atomic mass is 9.92. The van der Waals surface area contributed by atoms with E-state index in [0.29, 0.717) is 0 Å². The van der Waals surface area contributed by atoms with E-state index < -0.39 is 0 Å². The number of allylic oxidation sites excluding steroid dienone is 7. The summed E-state index contributed by atoms with van der Waals surface area (Å²) in [5, 5.41) is 3.60. The summed E-state index contributed by atoms with van der Waals surface area (Å²) in [5.41, 5.74) is 10.7. The molecule has 2 aromatic rings. The highest BCUT2D eigenvalue weighted by atomic mass is 14.9. The Morgan fingerprint density at radius 2 is 1.70 bits per heavy atom. The lowest BCUT2D eigenvalue weighted by Crippen LogP contribution is -2.16. The van der Waals surface area contributed by atoms with Crippen molar-refractivity contribution in [1.29, 1.82) is 0 Å². The summed E-state index contributed by atoms with van der Waals surface area (Å²) < 4.78 is 0. The fourth-order valence-electron chi connectivity index (χ4n) is 3.94. The van der Waals surface area contributed by atoms with Crippen LogP contribution in [0.15, 0.2) is 84.1 Å². The van der Waals surface area contributed by atoms with Crippen LogP contribution in [-0.2, 0) is 0 Å². The summed E-state index contributed by atoms with van der Waals surface area (Å²) in [5.74, 6) is 0. The molecule has 0 saturated heterocycles. The van der Waals surface area contributed by atoms with Crippen LogP contribution in [0, 0.1) is 13.8 Å². The fourth-order valence-corrected chi connectivity index (χ4v) is 3.94. The molecule has 0 atom stereocenters. The van der Waals surface area contributed by atoms with Crippen LogP contribution >= 0.6 is 0 Å². The summed E-state index contributed by atoms with van der Waals surface area (Å²) in [7, 11) is 0. The van der Waals surface area contributed by atoms with E-state index in [4.69, 9.17) is 0 Å². The SMILES string of the molecule is Cc1ccccc1-c1cc(C2=CCC3=C(CCC=C3)NCC=C2)ccc1C. The van der Waals surface area contributed by atoms with Crippen LogP contribution in [0.5, 0.6) is 0 Å². The van der Waals surface area contributed by atoms with Gasteiger partial charge in [-0.3, -0.25) is 0 Å². The number of rotatable bonds is 2. The second kappa shape index (κ2) is 7.84. The Labute approximate surface area is 162 Å². The summed E-state index contributed by atoms with van der Waals surface area (Å²) in [6.45, 7) is 5.28. The number of aryl methyl sites for hydroxylation is 2. The third kappa shape index (κ3) is 3.83. The molecule has 1 heterocycles. The highest BCUT2D eigenvalue weighted by Gasteiger charge is 2.11. The Morgan fingerprint density at radius 3 is 2.59 bits per heavy atom. The summed E-state index contributed by atoms with van der Waals surface area (Å²) in [6, 6.07) is 15.5. The highest BCUT2D eigenvalue weighted by Crippen LogP contribution is 2.31. The molecule has 4 rings (SSSR count). The molecule has 0 aromatic heterocycles. The molecule has 0 radical (unpaired) electrons. The molecule has 0 saturated carbocycles. The maximum Gasteiger partial charge on any atom is 0.0331 e. The minimum absolute atomic E-state index is 0.889. The number of benzene rings is 2. The lowest BCUT2D eigenvalue weighted by molar-refractivity contribution is 0.781. The number of hydrogen-bond donors (Lipinski definition) is 1. The lowest BCUT2D eigenvalue weighted by Gasteiger charge is -2.16. The Balaban J connectivity index is 1.73. The molecule has 0 spiro atoms. The van der Waals surface area contributed by atoms with E-state index in [0.717, 1.165) is 25.8 Å². The van der Waals surface area contributed by atoms with Crippen LogP contribution in [0.3, 0.4) is 0 Å². The minimum Gasteiger partial charge on any atom is -0.385 e. The quantitative estimate of drug-likeness (QED) is 0.649. The van der Waals surface area contributed by atoms with Crippen LogP contribution in [0.4, 0.5) is 0 Å². The Kier molecular flexibility index (Phi) is 5.11. The summed E-state index contributed by atoms with van der Waals surface area (Å²) in [4.78, 5) is 0. The van der Waals surface area contributed by atoms with Gasteiger partial charge in [0.2, 0.25) is 0 Å². The standard InChI is InChI=1S/C26H27N/c1-19-8-3-5-11-24(19)25-18-23(14-13-20(25)2)21-10-7-17-27-26-12-6-4-9-22(26)16-15-21/h3-5,7-11,13-15,18,27H,6,12,16-17H2,1-2H3. The molecule has 0 fully saturated rings. The smallest absolute Gasteiger partial charge is 0.0331 e. The van der Waals surface area contributed by atoms with Gasteiger partial charge in [0.25, 0.3) is 0 Å². The van der Waals surface area contributed by atoms with Crippen molar-refractivity contribution in [2.24, 2.45) is 0 Å². The van der Waals surface area contributed by atoms with Gasteiger partial charge in [-0.15, -0.1) is 0 Å². The zero-order valence-electron chi connectivity index (χ0n) is 16.3. The Morgan fingerprint density at radius 1 is 0.852 bits per heavy atom. The van der Waals surface area contributed by atoms with E-state index in [1.54, 1.807) is 0 Å². The molecule has 0 bridgehead atoms. The van der Waals surface area contributed by atoms with Crippen LogP contribution in [-0.4, -0.2) is 6.54 Å². The van der Waals surface area contributed by atoms with Gasteiger partial charge in [-0.25, -0.2) is 0 Å². The maximum atomic E-state index is 3.60. The van der Waals surface area contributed by atoms with E-state index in [1.165, 1.54) is 44.7 Å². The first kappa shape index (κ1) is 17.6. The van der Waals surface area contributed by atoms with Gasteiger partial charge >= 0.3 is 0 Å². The minimum atomic E-state index is 0.889. The number of nitrogens with one attached hydrogen (secondary N) is 1. The molecule has 0 unspecified atom stereocenters. The molecule has 0 amide bonds. The van der Waals surface area contributed by atoms with Crippen LogP contribution in [0.1, 0.15) is 36.0 Å². The Bertz CT molecular complexity index is 969. The average Bonchev–Trinajstić information content (AvgIpc) is 2.79. The highest BCUT2D eigenvalue weighted by molar-refractivity contribution is 5.80. The van der Waals surface area contributed by atoms with Crippen LogP contribution in [0.25, 0.3) is 16.7 Å². The van der Waals surface area contributed by atoms with Gasteiger partial charge in [-0.1, -0.05) is 66.8 Å². The molecule has 27 heavy (non-hydrogen) atoms. The largest absolute Gasteiger partial charge is 0.385 e. The zero-order valence-corrected chi connectivity index (χ0v) is 16.3. The normalized spacial score (nSPS) is 16.7. The van der Waals surface area contributed by atoms with Gasteiger partial charge in [-0.2, -0.15) is 0 Å². The zero-order chi connectivity index (χ0) is 18.6. The van der Waals surface area contributed by atoms with Gasteiger partial charge < -0.3 is 5.32 Å². The molecule has 1 nitrogen and oxygen atoms in total. The molecular formula is C26H27N. The molecule has 2 aromatic carbocycles. The van der Waals surface area contributed by atoms with E-state index >= 15 is 0 Å². The van der Waals surface area contributed by atoms with Gasteiger partial charge in [0, 0.05) is 12.2 Å². The van der Waals surface area contributed by atoms with Crippen molar-refractivity contribution in [3.63, 3.8) is 0 Å². The van der Waals surface area contributed by atoms with Crippen LogP contribution < -0.4 is 5.32 Å². The van der Waals surface area contributed by atoms with E-state index in [2.05, 4.69) is 92.0 Å². The van der Waals surface area contributed by atoms with Crippen molar-refractivity contribution in [1.82, 2.24) is 5.32 Å². The maximum absolute atomic E-state index is 3.60. The third-order valence-corrected chi connectivity index (χ3v) is 5.55. The number of hydrogen-bond acceptors (Lipinski definition) is 1. The van der Waals surface area contributed by atoms with Crippen LogP contribution in [0.2, 0.25) is 0 Å². The second-order valence-electron chi connectivity index (χ2n) is 7.44. The van der Waals surface area contributed by atoms with Gasteiger partial charge in [0.1, 0.15) is 0 Å². The van der Waals surface area contributed by atoms with E-state index in [-0.39, 0.29) is 0 Å². The predicted octanol–water partition coefficient (Wildman–Crippen LogP) is 6.51. The van der Waals surface area contributed by atoms with Gasteiger partial charge in [-0.05, 0) is 78.1 Å². The molecule has 1 N–H and O–H groups in total. The Hall–Kier alpha value is -2.80. The third-order valence-electron chi connectivity index (χ3n) is 5.55. The van der Waals surface area contributed by atoms with E-state index in [1.807, 2.05) is 0 Å². The fraction of sp³-hybridized carbons (Fsp3) is 0.231. The van der Waals surface area contributed by atoms with Crippen molar-refractivity contribution < 1.29 is 0 Å². The molecule has 1 aliphatic heterocycles. The van der Waals surface area contributed by atoms with Crippen molar-refractivity contribution in [3.8, 4) is 11.1 Å². The predicted molar refractivity (Wildman–Crippen MR) is 116 cm³/mol. The van der Waals surface area contributed by atoms with Gasteiger partial charge in [0.15, 0.2) is 0 Å². The monoisotopic (exact) mass is 353 g/mol. The summed E-state index contributed by atoms with van der Waals surface area (Å²) >= 11 is 0. The molecule has 136 valence electrons. The van der Waals surface area contributed by atoms with Crippen molar-refractivity contribution in [3.05, 3.63) is 101 Å². The van der Waals surface area contributed by atoms with Crippen molar-refractivity contribution in [2.75, 3.05) is 6.54 Å². The van der Waals surface area contributed by atoms with Gasteiger partial charge in [0.05, 0.1) is 0 Å². The van der Waals surface area contributed by atoms with Crippen molar-refractivity contribution in [2.45, 2.75) is 33.1 Å². The molecule has 2 aliphatic rings. The first-order valence-electron chi connectivity index (χ1n) is 9.88. The van der Waals surface area contributed by atoms with E-state index in [9.17, 15) is 0 Å². The molecular weight excluding hydrogens is 326 g/mol. The first-order chi connectivity index (χ1) is 13.2. The first-order valence-corrected chi connectivity index (χ1v) is 9.88. The second-order valence-corrected chi connectivity index (χ2v) is 7.44. The summed E-state index contributed by atoms with van der Waals surface area (Å²) in [6.07, 6.45) is 14.7.